The summed E-state index contributed by atoms with van der Waals surface area (Å²) in [5.41, 5.74) is 18.2. The number of aliphatic carboxylic acids is 1. The van der Waals surface area contributed by atoms with E-state index < -0.39 is 96.7 Å². The van der Waals surface area contributed by atoms with E-state index in [-0.39, 0.29) is 57.1 Å². The Labute approximate surface area is 353 Å². The molecule has 1 aromatic carbocycles. The van der Waals surface area contributed by atoms with E-state index >= 15 is 0 Å². The highest BCUT2D eigenvalue weighted by Gasteiger charge is 2.35. The van der Waals surface area contributed by atoms with E-state index in [1.807, 2.05) is 6.92 Å². The molecular formula is C39H59N13O9. The van der Waals surface area contributed by atoms with Gasteiger partial charge in [-0.25, -0.2) is 9.78 Å². The summed E-state index contributed by atoms with van der Waals surface area (Å²) in [6.45, 7) is 4.29. The van der Waals surface area contributed by atoms with Gasteiger partial charge in [0.25, 0.3) is 0 Å². The van der Waals surface area contributed by atoms with Gasteiger partial charge >= 0.3 is 5.97 Å². The highest BCUT2D eigenvalue weighted by Crippen LogP contribution is 2.18. The van der Waals surface area contributed by atoms with Gasteiger partial charge in [-0.15, -0.1) is 0 Å². The zero-order valence-corrected chi connectivity index (χ0v) is 34.6. The van der Waals surface area contributed by atoms with Crippen molar-refractivity contribution in [1.82, 2.24) is 46.8 Å². The lowest BCUT2D eigenvalue weighted by Gasteiger charge is -2.27. The van der Waals surface area contributed by atoms with Gasteiger partial charge in [-0.2, -0.15) is 0 Å². The number of amides is 7. The van der Waals surface area contributed by atoms with Crippen LogP contribution in [0.1, 0.15) is 64.1 Å². The average Bonchev–Trinajstić information content (AvgIpc) is 3.94. The predicted octanol–water partition coefficient (Wildman–Crippen LogP) is -3.11. The molecule has 22 nitrogen and oxygen atoms in total. The number of imidazole rings is 1. The molecule has 2 aromatic rings. The van der Waals surface area contributed by atoms with Crippen LogP contribution in [0.5, 0.6) is 0 Å². The van der Waals surface area contributed by atoms with Crippen molar-refractivity contribution in [3.8, 4) is 0 Å². The fourth-order valence-corrected chi connectivity index (χ4v) is 6.43. The minimum atomic E-state index is -1.28. The Balaban J connectivity index is 1.55. The third-order valence-electron chi connectivity index (χ3n) is 10.1. The van der Waals surface area contributed by atoms with E-state index in [0.29, 0.717) is 24.1 Å². The summed E-state index contributed by atoms with van der Waals surface area (Å²) in [7, 11) is 0. The van der Waals surface area contributed by atoms with Crippen LogP contribution in [-0.4, -0.2) is 136 Å². The van der Waals surface area contributed by atoms with Crippen molar-refractivity contribution in [2.45, 2.75) is 102 Å². The number of hydrogen-bond donors (Lipinski definition) is 11. The summed E-state index contributed by atoms with van der Waals surface area (Å²) < 4.78 is 0. The number of carbonyl (C=O) groups is 8. The monoisotopic (exact) mass is 853 g/mol. The lowest BCUT2D eigenvalue weighted by molar-refractivity contribution is -0.142. The van der Waals surface area contributed by atoms with Gasteiger partial charge in [0.1, 0.15) is 30.2 Å². The van der Waals surface area contributed by atoms with Crippen LogP contribution in [0, 0.1) is 5.92 Å². The third kappa shape index (κ3) is 16.2. The number of nitrogens with zero attached hydrogens (tertiary/aromatic N) is 3. The summed E-state index contributed by atoms with van der Waals surface area (Å²) >= 11 is 0. The predicted molar refractivity (Wildman–Crippen MR) is 222 cm³/mol. The number of likely N-dealkylation sites (tertiary alicyclic amines) is 1. The zero-order valence-electron chi connectivity index (χ0n) is 34.6. The molecule has 1 aliphatic heterocycles. The molecule has 0 saturated carbocycles. The maximum absolute atomic E-state index is 13.3. The second-order valence-corrected chi connectivity index (χ2v) is 14.8. The number of aliphatic imine (C=N–C) groups is 1. The molecule has 0 unspecified atom stereocenters. The molecule has 1 saturated heterocycles. The van der Waals surface area contributed by atoms with Crippen molar-refractivity contribution >= 4 is 53.3 Å². The van der Waals surface area contributed by atoms with Gasteiger partial charge in [0.15, 0.2) is 5.96 Å². The van der Waals surface area contributed by atoms with Crippen molar-refractivity contribution in [2.24, 2.45) is 28.1 Å². The van der Waals surface area contributed by atoms with E-state index in [2.05, 4.69) is 46.9 Å². The molecular weight excluding hydrogens is 795 g/mol. The van der Waals surface area contributed by atoms with E-state index in [1.165, 1.54) is 18.2 Å². The van der Waals surface area contributed by atoms with Crippen LogP contribution in [0.25, 0.3) is 0 Å². The number of hydrogen-bond acceptors (Lipinski definition) is 11. The lowest BCUT2D eigenvalue weighted by Crippen LogP contribution is -2.56. The fraction of sp³-hybridized carbons (Fsp3) is 0.538. The maximum atomic E-state index is 13.3. The van der Waals surface area contributed by atoms with Crippen molar-refractivity contribution in [2.75, 3.05) is 26.2 Å². The minimum absolute atomic E-state index is 0.00544. The molecule has 0 aliphatic carbocycles. The number of nitrogens with one attached hydrogen (secondary N) is 7. The second kappa shape index (κ2) is 24.5. The minimum Gasteiger partial charge on any atom is -0.480 e. The molecule has 1 fully saturated rings. The van der Waals surface area contributed by atoms with Gasteiger partial charge < -0.3 is 64.1 Å². The molecule has 22 heteroatoms. The third-order valence-corrected chi connectivity index (χ3v) is 10.1. The van der Waals surface area contributed by atoms with Crippen LogP contribution in [-0.2, 0) is 51.2 Å². The lowest BCUT2D eigenvalue weighted by atomic mass is 9.97. The van der Waals surface area contributed by atoms with Crippen molar-refractivity contribution in [1.29, 1.82) is 0 Å². The van der Waals surface area contributed by atoms with Gasteiger partial charge in [0.2, 0.25) is 41.4 Å². The number of guanidine groups is 1. The summed E-state index contributed by atoms with van der Waals surface area (Å²) in [4.78, 5) is 116. The number of rotatable bonds is 24. The summed E-state index contributed by atoms with van der Waals surface area (Å²) in [6, 6.07) is 2.10. The Morgan fingerprint density at radius 1 is 0.902 bits per heavy atom. The Bertz CT molecular complexity index is 1840. The average molecular weight is 854 g/mol. The first-order chi connectivity index (χ1) is 29.0. The highest BCUT2D eigenvalue weighted by atomic mass is 16.4. The Morgan fingerprint density at radius 3 is 2.26 bits per heavy atom. The van der Waals surface area contributed by atoms with Crippen LogP contribution in [0.2, 0.25) is 0 Å². The van der Waals surface area contributed by atoms with Crippen molar-refractivity contribution in [3.05, 3.63) is 54.1 Å². The zero-order chi connectivity index (χ0) is 45.1. The molecule has 334 valence electrons. The standard InChI is InChI=1S/C39H59N13O9/c1-4-22(2)32(51-34(56)26(40)17-25-18-43-21-47-25)37(59)46-20-31(54)52-15-9-13-29(52)36(58)45-19-30(53)49-27(12-8-14-44-39(41)42)35(57)48-23(3)33(55)50-28(38(60)61)16-24-10-6-5-7-11-24/h5-7,10-11,18,21-23,26-29,32H,4,8-9,12-17,19-20,40H2,1-3H3,(H,43,47)(H,45,58)(H,46,59)(H,48,57)(H,49,53)(H,50,55)(H,51,56)(H,60,61)(H4,41,42,44)/t22-,23-,26-,27-,28-,29-,32-/m0/s1. The first-order valence-corrected chi connectivity index (χ1v) is 20.1. The summed E-state index contributed by atoms with van der Waals surface area (Å²) in [5, 5.41) is 24.9. The number of benzene rings is 1. The maximum Gasteiger partial charge on any atom is 0.326 e. The normalized spacial score (nSPS) is 16.3. The summed E-state index contributed by atoms with van der Waals surface area (Å²) in [6.07, 6.45) is 4.74. The van der Waals surface area contributed by atoms with Crippen LogP contribution >= 0.6 is 0 Å². The molecule has 14 N–H and O–H groups in total. The molecule has 0 spiro atoms. The Morgan fingerprint density at radius 2 is 1.62 bits per heavy atom. The SMILES string of the molecule is CC[C@H](C)[C@H](NC(=O)[C@@H](N)Cc1cnc[nH]1)C(=O)NCC(=O)N1CCC[C@H]1C(=O)NCC(=O)N[C@@H](CCCN=C(N)N)C(=O)N[C@@H](C)C(=O)N[C@@H](Cc1ccccc1)C(=O)O. The van der Waals surface area contributed by atoms with E-state index in [0.717, 1.165) is 0 Å². The Kier molecular flexibility index (Phi) is 19.6. The molecule has 61 heavy (non-hydrogen) atoms. The highest BCUT2D eigenvalue weighted by molar-refractivity contribution is 5.96. The smallest absolute Gasteiger partial charge is 0.326 e. The largest absolute Gasteiger partial charge is 0.480 e. The number of aromatic amines is 1. The van der Waals surface area contributed by atoms with Crippen molar-refractivity contribution in [3.63, 3.8) is 0 Å². The Hall–Kier alpha value is -6.58. The van der Waals surface area contributed by atoms with Crippen molar-refractivity contribution < 1.29 is 43.5 Å². The molecule has 1 aliphatic rings. The molecule has 1 aromatic heterocycles. The molecule has 7 amide bonds. The number of carboxylic acids is 1. The van der Waals surface area contributed by atoms with Gasteiger partial charge in [0, 0.05) is 37.8 Å². The number of nitrogens with two attached hydrogens (primary N) is 3. The first kappa shape index (κ1) is 48.8. The van der Waals surface area contributed by atoms with Gasteiger partial charge in [-0.05, 0) is 44.1 Å². The first-order valence-electron chi connectivity index (χ1n) is 20.1. The topological polar surface area (TPSA) is 351 Å². The van der Waals surface area contributed by atoms with Crippen LogP contribution in [0.15, 0.2) is 47.8 Å². The molecule has 0 radical (unpaired) electrons. The fourth-order valence-electron chi connectivity index (χ4n) is 6.43. The quantitative estimate of drug-likeness (QED) is 0.0283. The van der Waals surface area contributed by atoms with Gasteiger partial charge in [-0.1, -0.05) is 50.6 Å². The number of carbonyl (C=O) groups excluding carboxylic acids is 7. The van der Waals surface area contributed by atoms with Gasteiger partial charge in [0.05, 0.1) is 25.5 Å². The number of H-pyrrole nitrogens is 1. The number of aromatic nitrogens is 2. The van der Waals surface area contributed by atoms with Crippen LogP contribution in [0.3, 0.4) is 0 Å². The van der Waals surface area contributed by atoms with E-state index in [1.54, 1.807) is 43.5 Å². The van der Waals surface area contributed by atoms with Crippen LogP contribution < -0.4 is 49.1 Å². The van der Waals surface area contributed by atoms with E-state index in [4.69, 9.17) is 17.2 Å². The van der Waals surface area contributed by atoms with Crippen LogP contribution in [0.4, 0.5) is 0 Å². The molecule has 3 rings (SSSR count). The molecule has 2 heterocycles. The van der Waals surface area contributed by atoms with E-state index in [9.17, 15) is 43.5 Å². The molecule has 0 bridgehead atoms. The second-order valence-electron chi connectivity index (χ2n) is 14.8. The van der Waals surface area contributed by atoms with Gasteiger partial charge in [-0.3, -0.25) is 38.6 Å². The molecule has 7 atom stereocenters. The number of carboxylic acid groups (broad SMARTS) is 1. The summed E-state index contributed by atoms with van der Waals surface area (Å²) in [5.74, 6) is -6.37.